The highest BCUT2D eigenvalue weighted by molar-refractivity contribution is 6.06. The number of aromatic nitrogens is 1. The van der Waals surface area contributed by atoms with Gasteiger partial charge < -0.3 is 23.9 Å². The number of nitrogens with zero attached hydrogens (tertiary/aromatic N) is 1. The second kappa shape index (κ2) is 12.8. The molecular formula is C27H39NO6. The molecule has 1 aliphatic carbocycles. The first-order valence-electron chi connectivity index (χ1n) is 12.6. The number of methoxy groups -OCH3 is 1. The lowest BCUT2D eigenvalue weighted by Crippen LogP contribution is -2.09. The summed E-state index contributed by atoms with van der Waals surface area (Å²) in [5.74, 6) is 0.393. The summed E-state index contributed by atoms with van der Waals surface area (Å²) in [4.78, 5) is 23.8. The lowest BCUT2D eigenvalue weighted by atomic mass is 9.97. The van der Waals surface area contributed by atoms with E-state index in [1.807, 2.05) is 13.0 Å². The molecule has 0 radical (unpaired) electrons. The number of benzene rings is 1. The Labute approximate surface area is 202 Å². The van der Waals surface area contributed by atoms with Gasteiger partial charge in [-0.15, -0.1) is 0 Å². The summed E-state index contributed by atoms with van der Waals surface area (Å²) in [6.07, 6.45) is 9.06. The Bertz CT molecular complexity index is 973. The van der Waals surface area contributed by atoms with Crippen LogP contribution in [0.5, 0.6) is 5.75 Å². The maximum Gasteiger partial charge on any atom is 0.340 e. The van der Waals surface area contributed by atoms with Gasteiger partial charge in [-0.25, -0.2) is 4.79 Å². The van der Waals surface area contributed by atoms with Gasteiger partial charge in [0.1, 0.15) is 5.75 Å². The fraction of sp³-hybridized carbons (Fsp3) is 0.630. The largest absolute Gasteiger partial charge is 0.493 e. The highest BCUT2D eigenvalue weighted by atomic mass is 16.5. The molecular weight excluding hydrogens is 434 g/mol. The van der Waals surface area contributed by atoms with E-state index in [0.717, 1.165) is 46.7 Å². The highest BCUT2D eigenvalue weighted by Gasteiger charge is 2.23. The number of hydrogen-bond donors (Lipinski definition) is 1. The average molecular weight is 474 g/mol. The van der Waals surface area contributed by atoms with Crippen LogP contribution in [-0.4, -0.2) is 48.5 Å². The van der Waals surface area contributed by atoms with Gasteiger partial charge in [0.15, 0.2) is 0 Å². The summed E-state index contributed by atoms with van der Waals surface area (Å²) in [5, 5.41) is 9.76. The third kappa shape index (κ3) is 6.53. The highest BCUT2D eigenvalue weighted by Crippen LogP contribution is 2.35. The van der Waals surface area contributed by atoms with Crippen molar-refractivity contribution >= 4 is 22.8 Å². The van der Waals surface area contributed by atoms with E-state index in [0.29, 0.717) is 38.3 Å². The van der Waals surface area contributed by atoms with Crippen LogP contribution in [0.1, 0.15) is 79.9 Å². The van der Waals surface area contributed by atoms with Gasteiger partial charge in [-0.2, -0.15) is 0 Å². The van der Waals surface area contributed by atoms with Gasteiger partial charge in [0.05, 0.1) is 25.4 Å². The van der Waals surface area contributed by atoms with Gasteiger partial charge in [-0.3, -0.25) is 4.79 Å². The van der Waals surface area contributed by atoms with E-state index in [1.54, 1.807) is 14.0 Å². The number of rotatable bonds is 14. The quantitative estimate of drug-likeness (QED) is 0.287. The topological polar surface area (TPSA) is 87.0 Å². The predicted octanol–water partition coefficient (Wildman–Crippen LogP) is 5.53. The Balaban J connectivity index is 1.95. The molecule has 2 aromatic rings. The number of esters is 1. The van der Waals surface area contributed by atoms with Gasteiger partial charge in [0.25, 0.3) is 0 Å². The van der Waals surface area contributed by atoms with Gasteiger partial charge in [0, 0.05) is 36.7 Å². The van der Waals surface area contributed by atoms with Crippen molar-refractivity contribution in [2.45, 2.75) is 78.2 Å². The third-order valence-electron chi connectivity index (χ3n) is 6.83. The lowest BCUT2D eigenvalue weighted by Gasteiger charge is -2.15. The summed E-state index contributed by atoms with van der Waals surface area (Å²) in [6.45, 7) is 5.55. The van der Waals surface area contributed by atoms with E-state index in [9.17, 15) is 9.59 Å². The minimum Gasteiger partial charge on any atom is -0.493 e. The maximum atomic E-state index is 12.8. The van der Waals surface area contributed by atoms with E-state index in [4.69, 9.17) is 19.3 Å². The molecule has 7 nitrogen and oxygen atoms in total. The summed E-state index contributed by atoms with van der Waals surface area (Å²) in [5.41, 5.74) is 3.49. The molecule has 0 saturated heterocycles. The molecule has 0 spiro atoms. The molecule has 0 atom stereocenters. The number of aliphatic carboxylic acids is 1. The number of carboxylic acids is 1. The molecule has 7 heteroatoms. The second-order valence-corrected chi connectivity index (χ2v) is 9.19. The molecule has 1 fully saturated rings. The first kappa shape index (κ1) is 26.1. The van der Waals surface area contributed by atoms with Crippen LogP contribution in [0.25, 0.3) is 10.9 Å². The van der Waals surface area contributed by atoms with E-state index < -0.39 is 5.97 Å². The van der Waals surface area contributed by atoms with Crippen molar-refractivity contribution in [1.29, 1.82) is 0 Å². The molecule has 1 heterocycles. The number of carbonyl (C=O) groups is 2. The Morgan fingerprint density at radius 1 is 1.15 bits per heavy atom. The third-order valence-corrected chi connectivity index (χ3v) is 6.83. The van der Waals surface area contributed by atoms with Crippen molar-refractivity contribution in [1.82, 2.24) is 4.57 Å². The number of ether oxygens (including phenoxy) is 3. The second-order valence-electron chi connectivity index (χ2n) is 9.19. The molecule has 34 heavy (non-hydrogen) atoms. The molecule has 3 rings (SSSR count). The smallest absolute Gasteiger partial charge is 0.340 e. The van der Waals surface area contributed by atoms with Crippen LogP contribution >= 0.6 is 0 Å². The first-order chi connectivity index (χ1) is 16.5. The van der Waals surface area contributed by atoms with E-state index in [-0.39, 0.29) is 12.4 Å². The zero-order chi connectivity index (χ0) is 24.5. The number of fused-ring (bicyclic) bond motifs is 1. The molecule has 0 bridgehead atoms. The van der Waals surface area contributed by atoms with Crippen molar-refractivity contribution in [3.63, 3.8) is 0 Å². The molecule has 1 N–H and O–H groups in total. The summed E-state index contributed by atoms with van der Waals surface area (Å²) in [6, 6.07) is 4.09. The summed E-state index contributed by atoms with van der Waals surface area (Å²) < 4.78 is 18.9. The molecule has 1 aromatic heterocycles. The first-order valence-corrected chi connectivity index (χ1v) is 12.6. The van der Waals surface area contributed by atoms with Gasteiger partial charge in [0.2, 0.25) is 0 Å². The van der Waals surface area contributed by atoms with Crippen molar-refractivity contribution in [3.05, 3.63) is 29.0 Å². The van der Waals surface area contributed by atoms with E-state index in [1.165, 1.54) is 32.1 Å². The molecule has 0 unspecified atom stereocenters. The minimum atomic E-state index is -0.828. The molecule has 0 amide bonds. The fourth-order valence-corrected chi connectivity index (χ4v) is 5.09. The van der Waals surface area contributed by atoms with E-state index >= 15 is 0 Å². The van der Waals surface area contributed by atoms with Crippen LogP contribution in [0.3, 0.4) is 0 Å². The molecule has 1 saturated carbocycles. The van der Waals surface area contributed by atoms with Gasteiger partial charge in [-0.05, 0) is 56.7 Å². The normalized spacial score (nSPS) is 14.1. The maximum absolute atomic E-state index is 12.8. The van der Waals surface area contributed by atoms with Crippen molar-refractivity contribution in [2.75, 3.05) is 26.9 Å². The SMILES string of the molecule is CCOC(=O)c1c(C)n(CCOC)c2cc(CCCC3CCCC3)c(OCCCC(=O)O)cc12. The monoisotopic (exact) mass is 473 g/mol. The van der Waals surface area contributed by atoms with Crippen molar-refractivity contribution in [3.8, 4) is 5.75 Å². The van der Waals surface area contributed by atoms with Crippen LogP contribution in [-0.2, 0) is 27.2 Å². The van der Waals surface area contributed by atoms with Crippen molar-refractivity contribution in [2.24, 2.45) is 5.92 Å². The molecule has 1 aromatic carbocycles. The Morgan fingerprint density at radius 2 is 1.91 bits per heavy atom. The van der Waals surface area contributed by atoms with Gasteiger partial charge in [-0.1, -0.05) is 32.1 Å². The fourth-order valence-electron chi connectivity index (χ4n) is 5.09. The van der Waals surface area contributed by atoms with E-state index in [2.05, 4.69) is 10.6 Å². The van der Waals surface area contributed by atoms with Crippen LogP contribution < -0.4 is 4.74 Å². The number of aryl methyl sites for hydroxylation is 1. The summed E-state index contributed by atoms with van der Waals surface area (Å²) >= 11 is 0. The zero-order valence-electron chi connectivity index (χ0n) is 20.9. The molecule has 0 aliphatic heterocycles. The number of carbonyl (C=O) groups excluding carboxylic acids is 1. The van der Waals surface area contributed by atoms with Crippen LogP contribution in [0.15, 0.2) is 12.1 Å². The standard InChI is InChI=1S/C27H39NO6/c1-4-33-27(31)26-19(2)28(14-16-32-3)23-17-21(12-7-11-20-9-5-6-10-20)24(18-22(23)26)34-15-8-13-25(29)30/h17-18,20H,4-16H2,1-3H3,(H,29,30). The average Bonchev–Trinajstić information content (AvgIpc) is 3.41. The van der Waals surface area contributed by atoms with Crippen LogP contribution in [0.4, 0.5) is 0 Å². The minimum absolute atomic E-state index is 0.0693. The van der Waals surface area contributed by atoms with Crippen LogP contribution in [0.2, 0.25) is 0 Å². The van der Waals surface area contributed by atoms with Gasteiger partial charge >= 0.3 is 11.9 Å². The molecule has 1 aliphatic rings. The summed E-state index contributed by atoms with van der Waals surface area (Å²) in [7, 11) is 1.67. The lowest BCUT2D eigenvalue weighted by molar-refractivity contribution is -0.137. The Morgan fingerprint density at radius 3 is 2.59 bits per heavy atom. The number of hydrogen-bond acceptors (Lipinski definition) is 5. The van der Waals surface area contributed by atoms with Crippen LogP contribution in [0, 0.1) is 12.8 Å². The Kier molecular flexibility index (Phi) is 9.81. The predicted molar refractivity (Wildman–Crippen MR) is 132 cm³/mol. The van der Waals surface area contributed by atoms with Crippen molar-refractivity contribution < 1.29 is 28.9 Å². The number of carboxylic acid groups (broad SMARTS) is 1. The zero-order valence-corrected chi connectivity index (χ0v) is 20.9. The Hall–Kier alpha value is -2.54. The molecule has 188 valence electrons.